The summed E-state index contributed by atoms with van der Waals surface area (Å²) in [7, 11) is -4.27. The number of hydrogen-bond donors (Lipinski definition) is 0. The molecule has 0 aromatic heterocycles. The predicted octanol–water partition coefficient (Wildman–Crippen LogP) is 4.62. The first kappa shape index (κ1) is 17.1. The third kappa shape index (κ3) is 3.38. The summed E-state index contributed by atoms with van der Waals surface area (Å²) >= 11 is 17.5. The highest BCUT2D eigenvalue weighted by atomic mass is 35.5. The minimum absolute atomic E-state index is 0.0860. The fraction of sp³-hybridized carbons (Fsp3) is 0.0714. The van der Waals surface area contributed by atoms with E-state index in [0.717, 1.165) is 0 Å². The number of ketones is 1. The van der Waals surface area contributed by atoms with E-state index in [9.17, 15) is 13.2 Å². The Hall–Kier alpha value is -1.27. The Kier molecular flexibility index (Phi) is 5.02. The van der Waals surface area contributed by atoms with Crippen molar-refractivity contribution >= 4 is 50.7 Å². The highest BCUT2D eigenvalue weighted by Crippen LogP contribution is 2.36. The normalized spacial score (nSPS) is 11.3. The lowest BCUT2D eigenvalue weighted by atomic mass is 10.1. The van der Waals surface area contributed by atoms with E-state index in [1.54, 1.807) is 12.1 Å². The van der Waals surface area contributed by atoms with Crippen molar-refractivity contribution in [2.45, 2.75) is 11.8 Å². The molecule has 0 aliphatic heterocycles. The number of Topliss-reactive ketones (excluding diaryl/α,β-unsaturated/α-hetero) is 1. The molecule has 0 aliphatic carbocycles. The minimum atomic E-state index is -4.27. The Morgan fingerprint density at radius 1 is 1.00 bits per heavy atom. The number of halogens is 3. The van der Waals surface area contributed by atoms with Crippen LogP contribution in [0.3, 0.4) is 0 Å². The van der Waals surface area contributed by atoms with E-state index >= 15 is 0 Å². The molecule has 0 atom stereocenters. The largest absolute Gasteiger partial charge is 0.378 e. The number of carbonyl (C=O) groups excluding carboxylic acids is 1. The molecule has 0 radical (unpaired) electrons. The summed E-state index contributed by atoms with van der Waals surface area (Å²) in [5, 5.41) is -0.211. The summed E-state index contributed by atoms with van der Waals surface area (Å²) in [6.45, 7) is 1.31. The molecule has 0 amide bonds. The van der Waals surface area contributed by atoms with Crippen LogP contribution in [0.25, 0.3) is 0 Å². The molecule has 0 saturated carbocycles. The van der Waals surface area contributed by atoms with Crippen LogP contribution in [0.1, 0.15) is 17.3 Å². The zero-order valence-electron chi connectivity index (χ0n) is 11.1. The standard InChI is InChI=1S/C14H9Cl3O4S/c1-8(18)9-4-2-3-5-11(9)21-22(19,20)12-7-6-10(15)13(16)14(12)17/h2-7H,1H3. The molecule has 0 saturated heterocycles. The number of hydrogen-bond acceptors (Lipinski definition) is 4. The summed E-state index contributed by atoms with van der Waals surface area (Å²) in [6, 6.07) is 8.46. The molecule has 2 aromatic rings. The summed E-state index contributed by atoms with van der Waals surface area (Å²) in [4.78, 5) is 11.2. The van der Waals surface area contributed by atoms with Crippen molar-refractivity contribution in [1.29, 1.82) is 0 Å². The quantitative estimate of drug-likeness (QED) is 0.442. The van der Waals surface area contributed by atoms with E-state index in [1.807, 2.05) is 0 Å². The van der Waals surface area contributed by atoms with Crippen LogP contribution in [0, 0.1) is 0 Å². The molecule has 0 spiro atoms. The highest BCUT2D eigenvalue weighted by molar-refractivity contribution is 7.87. The lowest BCUT2D eigenvalue weighted by Gasteiger charge is -2.11. The molecule has 0 heterocycles. The van der Waals surface area contributed by atoms with Gasteiger partial charge < -0.3 is 4.18 Å². The second-order valence-corrected chi connectivity index (χ2v) is 6.94. The van der Waals surface area contributed by atoms with Gasteiger partial charge in [0.25, 0.3) is 0 Å². The van der Waals surface area contributed by atoms with Crippen LogP contribution in [0.2, 0.25) is 15.1 Å². The molecule has 0 unspecified atom stereocenters. The summed E-state index contributed by atoms with van der Waals surface area (Å²) in [6.07, 6.45) is 0. The summed E-state index contributed by atoms with van der Waals surface area (Å²) < 4.78 is 29.7. The topological polar surface area (TPSA) is 60.4 Å². The van der Waals surface area contributed by atoms with Crippen molar-refractivity contribution in [3.8, 4) is 5.75 Å². The minimum Gasteiger partial charge on any atom is -0.378 e. The van der Waals surface area contributed by atoms with Crippen LogP contribution >= 0.6 is 34.8 Å². The average molecular weight is 380 g/mol. The number of para-hydroxylation sites is 1. The van der Waals surface area contributed by atoms with Gasteiger partial charge in [0.2, 0.25) is 0 Å². The van der Waals surface area contributed by atoms with Gasteiger partial charge in [-0.2, -0.15) is 8.42 Å². The third-order valence-corrected chi connectivity index (χ3v) is 5.42. The molecule has 116 valence electrons. The van der Waals surface area contributed by atoms with Gasteiger partial charge in [-0.15, -0.1) is 0 Å². The Bertz CT molecular complexity index is 847. The van der Waals surface area contributed by atoms with Crippen molar-refractivity contribution < 1.29 is 17.4 Å². The summed E-state index contributed by atoms with van der Waals surface area (Å²) in [5.74, 6) is -0.414. The zero-order chi connectivity index (χ0) is 16.5. The van der Waals surface area contributed by atoms with Crippen LogP contribution in [-0.4, -0.2) is 14.2 Å². The summed E-state index contributed by atoms with van der Waals surface area (Å²) in [5.41, 5.74) is 0.141. The second kappa shape index (κ2) is 6.46. The van der Waals surface area contributed by atoms with Crippen LogP contribution in [-0.2, 0) is 10.1 Å². The lowest BCUT2D eigenvalue weighted by Crippen LogP contribution is -2.12. The Morgan fingerprint density at radius 2 is 1.64 bits per heavy atom. The van der Waals surface area contributed by atoms with Crippen LogP contribution < -0.4 is 4.18 Å². The maximum Gasteiger partial charge on any atom is 0.340 e. The van der Waals surface area contributed by atoms with E-state index in [0.29, 0.717) is 0 Å². The van der Waals surface area contributed by atoms with Gasteiger partial charge in [-0.3, -0.25) is 4.79 Å². The van der Waals surface area contributed by atoms with E-state index < -0.39 is 10.1 Å². The van der Waals surface area contributed by atoms with Crippen LogP contribution in [0.5, 0.6) is 5.75 Å². The molecule has 22 heavy (non-hydrogen) atoms. The van der Waals surface area contributed by atoms with Gasteiger partial charge in [-0.1, -0.05) is 46.9 Å². The molecule has 4 nitrogen and oxygen atoms in total. The van der Waals surface area contributed by atoms with Crippen molar-refractivity contribution in [1.82, 2.24) is 0 Å². The molecule has 0 fully saturated rings. The van der Waals surface area contributed by atoms with E-state index in [2.05, 4.69) is 0 Å². The first-order valence-electron chi connectivity index (χ1n) is 5.92. The number of carbonyl (C=O) groups is 1. The highest BCUT2D eigenvalue weighted by Gasteiger charge is 2.24. The van der Waals surface area contributed by atoms with Crippen molar-refractivity contribution in [3.05, 3.63) is 57.0 Å². The van der Waals surface area contributed by atoms with Gasteiger partial charge in [0.15, 0.2) is 11.5 Å². The molecule has 2 aromatic carbocycles. The maximum atomic E-state index is 12.3. The van der Waals surface area contributed by atoms with Gasteiger partial charge in [-0.05, 0) is 31.2 Å². The second-order valence-electron chi connectivity index (χ2n) is 4.26. The molecule has 0 aliphatic rings. The Balaban J connectivity index is 2.50. The average Bonchev–Trinajstić information content (AvgIpc) is 2.44. The van der Waals surface area contributed by atoms with Crippen LogP contribution in [0.4, 0.5) is 0 Å². The van der Waals surface area contributed by atoms with Gasteiger partial charge in [-0.25, -0.2) is 0 Å². The number of benzene rings is 2. The number of rotatable bonds is 4. The van der Waals surface area contributed by atoms with Crippen molar-refractivity contribution in [2.75, 3.05) is 0 Å². The van der Waals surface area contributed by atoms with E-state index in [1.165, 1.54) is 31.2 Å². The molecule has 2 rings (SSSR count). The molecular weight excluding hydrogens is 371 g/mol. The van der Waals surface area contributed by atoms with Gasteiger partial charge >= 0.3 is 10.1 Å². The molecule has 0 bridgehead atoms. The Morgan fingerprint density at radius 3 is 2.27 bits per heavy atom. The van der Waals surface area contributed by atoms with Gasteiger partial charge in [0.1, 0.15) is 4.90 Å². The molecule has 8 heteroatoms. The SMILES string of the molecule is CC(=O)c1ccccc1OS(=O)(=O)c1ccc(Cl)c(Cl)c1Cl. The van der Waals surface area contributed by atoms with Crippen molar-refractivity contribution in [2.24, 2.45) is 0 Å². The first-order chi connectivity index (χ1) is 10.2. The smallest absolute Gasteiger partial charge is 0.340 e. The lowest BCUT2D eigenvalue weighted by molar-refractivity contribution is 0.101. The van der Waals surface area contributed by atoms with Gasteiger partial charge in [0, 0.05) is 0 Å². The van der Waals surface area contributed by atoms with E-state index in [4.69, 9.17) is 39.0 Å². The monoisotopic (exact) mass is 378 g/mol. The molecular formula is C14H9Cl3O4S. The zero-order valence-corrected chi connectivity index (χ0v) is 14.2. The van der Waals surface area contributed by atoms with Crippen molar-refractivity contribution in [3.63, 3.8) is 0 Å². The van der Waals surface area contributed by atoms with Crippen LogP contribution in [0.15, 0.2) is 41.3 Å². The van der Waals surface area contributed by atoms with Gasteiger partial charge in [0.05, 0.1) is 20.6 Å². The third-order valence-electron chi connectivity index (χ3n) is 2.73. The van der Waals surface area contributed by atoms with E-state index in [-0.39, 0.29) is 37.1 Å². The maximum absolute atomic E-state index is 12.3. The fourth-order valence-corrected chi connectivity index (χ4v) is 3.60. The first-order valence-corrected chi connectivity index (χ1v) is 8.46. The predicted molar refractivity (Wildman–Crippen MR) is 85.7 cm³/mol. The fourth-order valence-electron chi connectivity index (χ4n) is 1.69. The molecule has 0 N–H and O–H groups in total. The Labute approximate surface area is 142 Å².